The summed E-state index contributed by atoms with van der Waals surface area (Å²) in [6.07, 6.45) is 0.958. The van der Waals surface area contributed by atoms with Crippen molar-refractivity contribution in [1.29, 1.82) is 0 Å². The summed E-state index contributed by atoms with van der Waals surface area (Å²) in [6.45, 7) is 8.90. The van der Waals surface area contributed by atoms with Crippen molar-refractivity contribution in [2.45, 2.75) is 58.0 Å². The largest absolute Gasteiger partial charge is 0.377 e. The quantitative estimate of drug-likeness (QED) is 0.911. The summed E-state index contributed by atoms with van der Waals surface area (Å²) in [5, 5.41) is 4.26. The number of aromatic nitrogens is 2. The van der Waals surface area contributed by atoms with E-state index < -0.39 is 0 Å². The molecule has 1 atom stereocenters. The standard InChI is InChI=1S/C12H21N3O2S/c1-11(2)6-8(12(3,4)17-11)13-10-14-9(7-16-5)15-18-10/h8H,6-7H2,1-5H3,(H,13,14,15). The number of ether oxygens (including phenoxy) is 2. The van der Waals surface area contributed by atoms with Gasteiger partial charge in [0.1, 0.15) is 6.61 Å². The van der Waals surface area contributed by atoms with Crippen LogP contribution in [0.2, 0.25) is 0 Å². The molecule has 0 aliphatic carbocycles. The van der Waals surface area contributed by atoms with E-state index in [2.05, 4.69) is 42.4 Å². The average molecular weight is 271 g/mol. The van der Waals surface area contributed by atoms with Crippen LogP contribution in [0.1, 0.15) is 39.9 Å². The predicted molar refractivity (Wildman–Crippen MR) is 71.9 cm³/mol. The summed E-state index contributed by atoms with van der Waals surface area (Å²) in [4.78, 5) is 4.39. The van der Waals surface area contributed by atoms with Crippen molar-refractivity contribution in [1.82, 2.24) is 9.36 Å². The molecule has 5 nitrogen and oxygen atoms in total. The zero-order chi connectivity index (χ0) is 13.4. The van der Waals surface area contributed by atoms with Crippen LogP contribution in [0.3, 0.4) is 0 Å². The van der Waals surface area contributed by atoms with E-state index in [1.165, 1.54) is 11.5 Å². The third kappa shape index (κ3) is 2.99. The van der Waals surface area contributed by atoms with Crippen LogP contribution < -0.4 is 5.32 Å². The van der Waals surface area contributed by atoms with Crippen molar-refractivity contribution in [3.63, 3.8) is 0 Å². The Labute approximate surface area is 112 Å². The van der Waals surface area contributed by atoms with Gasteiger partial charge >= 0.3 is 0 Å². The molecule has 0 radical (unpaired) electrons. The van der Waals surface area contributed by atoms with E-state index >= 15 is 0 Å². The fraction of sp³-hybridized carbons (Fsp3) is 0.833. The van der Waals surface area contributed by atoms with Gasteiger partial charge in [-0.1, -0.05) is 0 Å². The van der Waals surface area contributed by atoms with Crippen LogP contribution in [0.4, 0.5) is 5.13 Å². The molecule has 1 fully saturated rings. The van der Waals surface area contributed by atoms with Gasteiger partial charge in [0.05, 0.1) is 17.2 Å². The first-order chi connectivity index (χ1) is 8.32. The third-order valence-corrected chi connectivity index (χ3v) is 3.80. The van der Waals surface area contributed by atoms with Crippen molar-refractivity contribution in [2.24, 2.45) is 0 Å². The number of anilines is 1. The second-order valence-electron chi connectivity index (χ2n) is 5.82. The molecule has 1 aromatic rings. The van der Waals surface area contributed by atoms with Crippen LogP contribution in [-0.2, 0) is 16.1 Å². The molecule has 0 bridgehead atoms. The highest BCUT2D eigenvalue weighted by Crippen LogP contribution is 2.38. The van der Waals surface area contributed by atoms with Crippen LogP contribution >= 0.6 is 11.5 Å². The van der Waals surface area contributed by atoms with Gasteiger partial charge in [0.2, 0.25) is 5.13 Å². The van der Waals surface area contributed by atoms with Crippen molar-refractivity contribution >= 4 is 16.7 Å². The van der Waals surface area contributed by atoms with Gasteiger partial charge in [-0.05, 0) is 34.1 Å². The minimum absolute atomic E-state index is 0.0960. The van der Waals surface area contributed by atoms with E-state index in [9.17, 15) is 0 Å². The lowest BCUT2D eigenvalue weighted by Gasteiger charge is -2.27. The number of hydrogen-bond acceptors (Lipinski definition) is 6. The van der Waals surface area contributed by atoms with Gasteiger partial charge in [0.15, 0.2) is 5.82 Å². The molecule has 1 aromatic heterocycles. The highest BCUT2D eigenvalue weighted by Gasteiger charge is 2.46. The molecular weight excluding hydrogens is 250 g/mol. The number of methoxy groups -OCH3 is 1. The lowest BCUT2D eigenvalue weighted by molar-refractivity contribution is -0.0662. The molecule has 1 saturated heterocycles. The monoisotopic (exact) mass is 271 g/mol. The summed E-state index contributed by atoms with van der Waals surface area (Å²) in [6, 6.07) is 0.246. The van der Waals surface area contributed by atoms with E-state index in [1.807, 2.05) is 0 Å². The van der Waals surface area contributed by atoms with Crippen LogP contribution in [0.25, 0.3) is 0 Å². The average Bonchev–Trinajstić information content (AvgIpc) is 2.70. The highest BCUT2D eigenvalue weighted by molar-refractivity contribution is 7.09. The Morgan fingerprint density at radius 3 is 2.72 bits per heavy atom. The van der Waals surface area contributed by atoms with Crippen LogP contribution in [0.5, 0.6) is 0 Å². The van der Waals surface area contributed by atoms with Crippen LogP contribution in [0.15, 0.2) is 0 Å². The molecular formula is C12H21N3O2S. The van der Waals surface area contributed by atoms with Gasteiger partial charge < -0.3 is 14.8 Å². The van der Waals surface area contributed by atoms with Crippen molar-refractivity contribution in [2.75, 3.05) is 12.4 Å². The molecule has 2 rings (SSSR count). The normalized spacial score (nSPS) is 25.3. The third-order valence-electron chi connectivity index (χ3n) is 3.11. The second kappa shape index (κ2) is 4.75. The van der Waals surface area contributed by atoms with E-state index in [0.717, 1.165) is 17.4 Å². The van der Waals surface area contributed by atoms with Gasteiger partial charge in [-0.2, -0.15) is 4.37 Å². The Kier molecular flexibility index (Phi) is 3.62. The Balaban J connectivity index is 2.04. The van der Waals surface area contributed by atoms with Gasteiger partial charge in [-0.25, -0.2) is 4.98 Å². The van der Waals surface area contributed by atoms with Crippen LogP contribution in [-0.4, -0.2) is 33.7 Å². The summed E-state index contributed by atoms with van der Waals surface area (Å²) in [7, 11) is 1.64. The van der Waals surface area contributed by atoms with Crippen molar-refractivity contribution in [3.8, 4) is 0 Å². The van der Waals surface area contributed by atoms with Crippen LogP contribution in [0, 0.1) is 0 Å². The summed E-state index contributed by atoms with van der Waals surface area (Å²) >= 11 is 1.37. The fourth-order valence-corrected chi connectivity index (χ4v) is 3.06. The number of nitrogens with zero attached hydrogens (tertiary/aromatic N) is 2. The molecule has 1 aliphatic rings. The molecule has 0 amide bonds. The molecule has 0 spiro atoms. The van der Waals surface area contributed by atoms with Gasteiger partial charge in [0.25, 0.3) is 0 Å². The lowest BCUT2D eigenvalue weighted by Crippen LogP contribution is -2.38. The molecule has 6 heteroatoms. The predicted octanol–water partition coefficient (Wildman–Crippen LogP) is 2.44. The maximum absolute atomic E-state index is 6.04. The highest BCUT2D eigenvalue weighted by atomic mass is 32.1. The molecule has 1 N–H and O–H groups in total. The first-order valence-corrected chi connectivity index (χ1v) is 6.88. The minimum atomic E-state index is -0.198. The van der Waals surface area contributed by atoms with E-state index in [-0.39, 0.29) is 17.2 Å². The maximum Gasteiger partial charge on any atom is 0.202 e. The van der Waals surface area contributed by atoms with E-state index in [4.69, 9.17) is 9.47 Å². The molecule has 18 heavy (non-hydrogen) atoms. The van der Waals surface area contributed by atoms with Gasteiger partial charge in [0, 0.05) is 18.6 Å². The number of rotatable bonds is 4. The topological polar surface area (TPSA) is 56.3 Å². The first kappa shape index (κ1) is 13.7. The SMILES string of the molecule is COCc1nsc(NC2CC(C)(C)OC2(C)C)n1. The number of nitrogens with one attached hydrogen (secondary N) is 1. The summed E-state index contributed by atoms with van der Waals surface area (Å²) < 4.78 is 15.3. The Morgan fingerprint density at radius 2 is 2.17 bits per heavy atom. The zero-order valence-electron chi connectivity index (χ0n) is 11.6. The summed E-state index contributed by atoms with van der Waals surface area (Å²) in [5.41, 5.74) is -0.294. The van der Waals surface area contributed by atoms with E-state index in [0.29, 0.717) is 6.61 Å². The molecule has 102 valence electrons. The Bertz CT molecular complexity index is 417. The molecule has 0 aromatic carbocycles. The summed E-state index contributed by atoms with van der Waals surface area (Å²) in [5.74, 6) is 0.723. The molecule has 0 saturated carbocycles. The van der Waals surface area contributed by atoms with Crippen molar-refractivity contribution < 1.29 is 9.47 Å². The second-order valence-corrected chi connectivity index (χ2v) is 6.57. The lowest BCUT2D eigenvalue weighted by atomic mass is 9.95. The maximum atomic E-state index is 6.04. The van der Waals surface area contributed by atoms with Crippen molar-refractivity contribution in [3.05, 3.63) is 5.82 Å². The molecule has 1 unspecified atom stereocenters. The number of hydrogen-bond donors (Lipinski definition) is 1. The van der Waals surface area contributed by atoms with Gasteiger partial charge in [-0.15, -0.1) is 0 Å². The molecule has 2 heterocycles. The fourth-order valence-electron chi connectivity index (χ4n) is 2.44. The van der Waals surface area contributed by atoms with E-state index in [1.54, 1.807) is 7.11 Å². The Morgan fingerprint density at radius 1 is 1.44 bits per heavy atom. The molecule has 1 aliphatic heterocycles. The minimum Gasteiger partial charge on any atom is -0.377 e. The Hall–Kier alpha value is -0.720. The smallest absolute Gasteiger partial charge is 0.202 e. The zero-order valence-corrected chi connectivity index (χ0v) is 12.4. The first-order valence-electron chi connectivity index (χ1n) is 6.11. The van der Waals surface area contributed by atoms with Gasteiger partial charge in [-0.3, -0.25) is 0 Å².